The van der Waals surface area contributed by atoms with Crippen LogP contribution in [0, 0.1) is 5.82 Å². The molecule has 10 nitrogen and oxygen atoms in total. The number of hydrogen-bond acceptors (Lipinski definition) is 8. The smallest absolute Gasteiger partial charge is 0.254 e. The number of methoxy groups -OCH3 is 2. The van der Waals surface area contributed by atoms with E-state index in [1.54, 1.807) is 33.7 Å². The lowest BCUT2D eigenvalue weighted by Gasteiger charge is -2.30. The molecule has 3 aromatic rings. The summed E-state index contributed by atoms with van der Waals surface area (Å²) in [5, 5.41) is -0.0928. The fourth-order valence-electron chi connectivity index (χ4n) is 4.54. The minimum absolute atomic E-state index is 0.0928. The number of amides is 1. The summed E-state index contributed by atoms with van der Waals surface area (Å²) < 4.78 is 58.1. The van der Waals surface area contributed by atoms with Crippen molar-refractivity contribution in [1.29, 1.82) is 0 Å². The average molecular weight is 575 g/mol. The van der Waals surface area contributed by atoms with Crippen LogP contribution in [-0.2, 0) is 38.2 Å². The number of imidazole rings is 1. The number of hydrogen-bond donors (Lipinski definition) is 0. The quantitative estimate of drug-likeness (QED) is 0.307. The zero-order valence-corrected chi connectivity index (χ0v) is 23.6. The number of nitrogens with zero attached hydrogens (tertiary/aromatic N) is 4. The first kappa shape index (κ1) is 29.7. The molecule has 4 rings (SSSR count). The molecule has 0 saturated carbocycles. The fourth-order valence-corrected chi connectivity index (χ4v) is 6.05. The second-order valence-corrected chi connectivity index (χ2v) is 11.4. The zero-order chi connectivity index (χ0) is 28.5. The molecule has 2 aromatic carbocycles. The molecule has 1 fully saturated rings. The second kappa shape index (κ2) is 13.8. The van der Waals surface area contributed by atoms with Crippen molar-refractivity contribution in [2.24, 2.45) is 0 Å². The molecule has 1 aromatic heterocycles. The Hall–Kier alpha value is -3.32. The first-order chi connectivity index (χ1) is 19.3. The van der Waals surface area contributed by atoms with E-state index in [1.165, 1.54) is 44.7 Å². The first-order valence-electron chi connectivity index (χ1n) is 13.0. The van der Waals surface area contributed by atoms with Gasteiger partial charge in [0.05, 0.1) is 51.1 Å². The third-order valence-electron chi connectivity index (χ3n) is 6.71. The predicted molar refractivity (Wildman–Crippen MR) is 146 cm³/mol. The van der Waals surface area contributed by atoms with E-state index in [2.05, 4.69) is 9.88 Å². The predicted octanol–water partition coefficient (Wildman–Crippen LogP) is 2.63. The lowest BCUT2D eigenvalue weighted by molar-refractivity contribution is 0.0319. The normalized spacial score (nSPS) is 14.3. The largest absolute Gasteiger partial charge is 0.497 e. The maximum atomic E-state index is 13.5. The molecule has 2 heterocycles. The van der Waals surface area contributed by atoms with Crippen molar-refractivity contribution < 1.29 is 31.8 Å². The Morgan fingerprint density at radius 1 is 1.10 bits per heavy atom. The minimum Gasteiger partial charge on any atom is -0.497 e. The van der Waals surface area contributed by atoms with Gasteiger partial charge in [-0.2, -0.15) is 0 Å². The van der Waals surface area contributed by atoms with Crippen LogP contribution >= 0.6 is 0 Å². The van der Waals surface area contributed by atoms with Crippen molar-refractivity contribution in [3.05, 3.63) is 77.4 Å². The van der Waals surface area contributed by atoms with Crippen LogP contribution < -0.4 is 4.74 Å². The minimum atomic E-state index is -3.85. The summed E-state index contributed by atoms with van der Waals surface area (Å²) in [4.78, 5) is 21.7. The summed E-state index contributed by atoms with van der Waals surface area (Å²) in [6.45, 7) is 4.39. The molecular weight excluding hydrogens is 539 g/mol. The Labute approximate surface area is 234 Å². The van der Waals surface area contributed by atoms with Crippen LogP contribution in [0.25, 0.3) is 0 Å². The summed E-state index contributed by atoms with van der Waals surface area (Å²) in [5.74, 6) is -0.414. The van der Waals surface area contributed by atoms with Gasteiger partial charge in [-0.1, -0.05) is 12.1 Å². The molecule has 0 N–H and O–H groups in total. The molecule has 0 bridgehead atoms. The molecule has 1 amide bonds. The Bertz CT molecular complexity index is 1370. The van der Waals surface area contributed by atoms with E-state index in [4.69, 9.17) is 14.2 Å². The summed E-state index contributed by atoms with van der Waals surface area (Å²) >= 11 is 0. The van der Waals surface area contributed by atoms with Crippen molar-refractivity contribution in [3.8, 4) is 5.75 Å². The van der Waals surface area contributed by atoms with Crippen LogP contribution in [0.4, 0.5) is 4.39 Å². The third-order valence-corrected chi connectivity index (χ3v) is 8.31. The number of sulfone groups is 1. The molecule has 0 atom stereocenters. The van der Waals surface area contributed by atoms with Crippen molar-refractivity contribution in [2.45, 2.75) is 24.0 Å². The highest BCUT2D eigenvalue weighted by molar-refractivity contribution is 7.90. The van der Waals surface area contributed by atoms with E-state index < -0.39 is 15.7 Å². The molecule has 12 heteroatoms. The molecule has 1 aliphatic rings. The van der Waals surface area contributed by atoms with Gasteiger partial charge in [-0.15, -0.1) is 0 Å². The van der Waals surface area contributed by atoms with Crippen LogP contribution in [-0.4, -0.2) is 93.9 Å². The maximum absolute atomic E-state index is 13.5. The molecule has 0 spiro atoms. The first-order valence-corrected chi connectivity index (χ1v) is 14.7. The van der Waals surface area contributed by atoms with Crippen molar-refractivity contribution in [3.63, 3.8) is 0 Å². The van der Waals surface area contributed by atoms with Crippen LogP contribution in [0.5, 0.6) is 5.75 Å². The molecule has 216 valence electrons. The monoisotopic (exact) mass is 574 g/mol. The number of carbonyl (C=O) groups is 1. The lowest BCUT2D eigenvalue weighted by atomic mass is 10.2. The van der Waals surface area contributed by atoms with Crippen molar-refractivity contribution >= 4 is 15.7 Å². The third kappa shape index (κ3) is 7.66. The highest BCUT2D eigenvalue weighted by Crippen LogP contribution is 2.22. The molecular formula is C28H35FN4O6S. The highest BCUT2D eigenvalue weighted by atomic mass is 32.2. The summed E-state index contributed by atoms with van der Waals surface area (Å²) in [6, 6.07) is 12.3. The molecule has 1 aliphatic heterocycles. The van der Waals surface area contributed by atoms with E-state index in [1.807, 2.05) is 0 Å². The SMILES string of the molecule is COCCn1c(CN(CCN2CCOCC2)C(=O)c2ccc(F)cc2)cnc1S(=O)(=O)Cc1cccc(OC)c1. The van der Waals surface area contributed by atoms with E-state index in [-0.39, 0.29) is 36.5 Å². The van der Waals surface area contributed by atoms with Gasteiger partial charge in [-0.3, -0.25) is 9.69 Å². The maximum Gasteiger partial charge on any atom is 0.254 e. The Morgan fingerprint density at radius 3 is 2.55 bits per heavy atom. The number of morpholine rings is 1. The van der Waals surface area contributed by atoms with E-state index in [9.17, 15) is 17.6 Å². The van der Waals surface area contributed by atoms with Gasteiger partial charge in [0, 0.05) is 45.4 Å². The summed E-state index contributed by atoms with van der Waals surface area (Å²) in [7, 11) is -0.789. The summed E-state index contributed by atoms with van der Waals surface area (Å²) in [5.41, 5.74) is 1.47. The molecule has 0 unspecified atom stereocenters. The topological polar surface area (TPSA) is 103 Å². The van der Waals surface area contributed by atoms with Gasteiger partial charge in [0.2, 0.25) is 15.0 Å². The molecule has 1 saturated heterocycles. The van der Waals surface area contributed by atoms with E-state index >= 15 is 0 Å². The highest BCUT2D eigenvalue weighted by Gasteiger charge is 2.26. The number of carbonyl (C=O) groups excluding carboxylic acids is 1. The Kier molecular flexibility index (Phi) is 10.3. The fraction of sp³-hybridized carbons (Fsp3) is 0.429. The standard InChI is InChI=1S/C28H35FN4O6S/c1-37-15-14-33-25(19-30-28(33)40(35,36)21-22-4-3-5-26(18-22)38-2)20-32(11-10-31-12-16-39-17-13-31)27(34)23-6-8-24(29)9-7-23/h3-9,18-19H,10-17,20-21H2,1-2H3. The van der Waals surface area contributed by atoms with Gasteiger partial charge in [0.1, 0.15) is 11.6 Å². The van der Waals surface area contributed by atoms with Crippen LogP contribution in [0.2, 0.25) is 0 Å². The number of aromatic nitrogens is 2. The number of ether oxygens (including phenoxy) is 3. The second-order valence-electron chi connectivity index (χ2n) is 9.47. The molecule has 0 aliphatic carbocycles. The van der Waals surface area contributed by atoms with Crippen molar-refractivity contribution in [2.75, 3.05) is 60.2 Å². The van der Waals surface area contributed by atoms with Gasteiger partial charge in [0.15, 0.2) is 0 Å². The van der Waals surface area contributed by atoms with Gasteiger partial charge < -0.3 is 23.7 Å². The molecule has 40 heavy (non-hydrogen) atoms. The van der Waals surface area contributed by atoms with Gasteiger partial charge >= 0.3 is 0 Å². The van der Waals surface area contributed by atoms with Gasteiger partial charge in [-0.05, 0) is 42.0 Å². The average Bonchev–Trinajstić information content (AvgIpc) is 3.37. The van der Waals surface area contributed by atoms with E-state index in [0.29, 0.717) is 48.9 Å². The number of rotatable bonds is 13. The number of benzene rings is 2. The van der Waals surface area contributed by atoms with Gasteiger partial charge in [0.25, 0.3) is 5.91 Å². The lowest BCUT2D eigenvalue weighted by Crippen LogP contribution is -2.43. The van der Waals surface area contributed by atoms with Crippen molar-refractivity contribution in [1.82, 2.24) is 19.4 Å². The van der Waals surface area contributed by atoms with Gasteiger partial charge in [-0.25, -0.2) is 17.8 Å². The zero-order valence-electron chi connectivity index (χ0n) is 22.8. The molecule has 0 radical (unpaired) electrons. The van der Waals surface area contributed by atoms with Crippen LogP contribution in [0.1, 0.15) is 21.6 Å². The summed E-state index contributed by atoms with van der Waals surface area (Å²) in [6.07, 6.45) is 1.49. The van der Waals surface area contributed by atoms with Crippen LogP contribution in [0.3, 0.4) is 0 Å². The Morgan fingerprint density at radius 2 is 1.85 bits per heavy atom. The number of halogens is 1. The van der Waals surface area contributed by atoms with E-state index in [0.717, 1.165) is 13.1 Å². The van der Waals surface area contributed by atoms with Crippen LogP contribution in [0.15, 0.2) is 59.9 Å². The Balaban J connectivity index is 1.62.